The average molecular weight is 584 g/mol. The van der Waals surface area contributed by atoms with Gasteiger partial charge in [0.05, 0.1) is 24.2 Å². The Morgan fingerprint density at radius 2 is 1.63 bits per heavy atom. The van der Waals surface area contributed by atoms with Crippen molar-refractivity contribution in [2.24, 2.45) is 35.0 Å². The van der Waals surface area contributed by atoms with E-state index < -0.39 is 7.60 Å². The summed E-state index contributed by atoms with van der Waals surface area (Å²) in [5.41, 5.74) is 1.59. The van der Waals surface area contributed by atoms with Crippen LogP contribution < -0.4 is 11.0 Å². The molecule has 4 bridgehead atoms. The molecule has 7 nitrogen and oxygen atoms in total. The third-order valence-electron chi connectivity index (χ3n) is 11.7. The summed E-state index contributed by atoms with van der Waals surface area (Å²) in [6.07, 6.45) is 8.62. The Balaban J connectivity index is 1.33. The number of aromatic nitrogens is 2. The minimum atomic E-state index is -3.85. The average Bonchev–Trinajstić information content (AvgIpc) is 2.94. The molecule has 41 heavy (non-hydrogen) atoms. The van der Waals surface area contributed by atoms with Crippen LogP contribution in [0.25, 0.3) is 11.0 Å². The van der Waals surface area contributed by atoms with E-state index in [0.717, 1.165) is 36.1 Å². The molecule has 8 heteroatoms. The van der Waals surface area contributed by atoms with Gasteiger partial charge in [0.25, 0.3) is 5.56 Å². The molecule has 1 aromatic carbocycles. The van der Waals surface area contributed by atoms with Gasteiger partial charge in [0.15, 0.2) is 0 Å². The molecule has 5 aliphatic rings. The van der Waals surface area contributed by atoms with Crippen molar-refractivity contribution < 1.29 is 13.6 Å². The molecular weight excluding hydrogens is 533 g/mol. The van der Waals surface area contributed by atoms with Crippen molar-refractivity contribution in [3.05, 3.63) is 34.6 Å². The first-order valence-electron chi connectivity index (χ1n) is 16.3. The van der Waals surface area contributed by atoms with E-state index in [0.29, 0.717) is 34.9 Å². The van der Waals surface area contributed by atoms with Crippen molar-refractivity contribution in [2.45, 2.75) is 105 Å². The Kier molecular flexibility index (Phi) is 8.06. The van der Waals surface area contributed by atoms with E-state index >= 15 is 0 Å². The van der Waals surface area contributed by atoms with Crippen LogP contribution >= 0.6 is 7.60 Å². The summed E-state index contributed by atoms with van der Waals surface area (Å²) in [7, 11) is -3.85. The van der Waals surface area contributed by atoms with Gasteiger partial charge in [-0.1, -0.05) is 39.8 Å². The first-order chi connectivity index (χ1) is 19.6. The lowest BCUT2D eigenvalue weighted by molar-refractivity contribution is -0.114. The molecule has 0 unspecified atom stereocenters. The van der Waals surface area contributed by atoms with Gasteiger partial charge in [-0.25, -0.2) is 4.98 Å². The molecule has 3 heterocycles. The first-order valence-corrected chi connectivity index (χ1v) is 17.8. The lowest BCUT2D eigenvalue weighted by Gasteiger charge is -2.61. The second-order valence-electron chi connectivity index (χ2n) is 14.1. The molecule has 0 radical (unpaired) electrons. The Morgan fingerprint density at radius 3 is 2.24 bits per heavy atom. The van der Waals surface area contributed by atoms with E-state index in [4.69, 9.17) is 9.05 Å². The molecule has 8 atom stereocenters. The molecule has 5 fully saturated rings. The molecule has 2 aromatic rings. The van der Waals surface area contributed by atoms with Crippen LogP contribution in [-0.2, 0) is 13.6 Å². The van der Waals surface area contributed by atoms with Crippen LogP contribution in [0.15, 0.2) is 29.1 Å². The van der Waals surface area contributed by atoms with E-state index in [1.54, 1.807) is 13.8 Å². The fourth-order valence-electron chi connectivity index (χ4n) is 9.54. The van der Waals surface area contributed by atoms with Gasteiger partial charge in [0.1, 0.15) is 0 Å². The number of benzene rings is 1. The van der Waals surface area contributed by atoms with E-state index in [9.17, 15) is 9.36 Å². The normalized spacial score (nSPS) is 34.9. The van der Waals surface area contributed by atoms with Crippen LogP contribution in [0, 0.1) is 35.0 Å². The van der Waals surface area contributed by atoms with E-state index in [-0.39, 0.29) is 30.2 Å². The predicted octanol–water partition coefficient (Wildman–Crippen LogP) is 6.80. The lowest BCUT2D eigenvalue weighted by atomic mass is 9.45. The third-order valence-corrected chi connectivity index (χ3v) is 13.7. The van der Waals surface area contributed by atoms with Crippen LogP contribution in [0.4, 0.5) is 0 Å². The lowest BCUT2D eigenvalue weighted by Crippen LogP contribution is -2.60. The summed E-state index contributed by atoms with van der Waals surface area (Å²) in [5, 5.41) is 0. The van der Waals surface area contributed by atoms with Crippen LogP contribution in [0.2, 0.25) is 0 Å². The molecule has 3 aliphatic carbocycles. The fraction of sp³-hybridized carbons (Fsp3) is 0.758. The highest BCUT2D eigenvalue weighted by Crippen LogP contribution is 2.62. The van der Waals surface area contributed by atoms with Gasteiger partial charge in [0, 0.05) is 18.1 Å². The quantitative estimate of drug-likeness (QED) is 0.302. The van der Waals surface area contributed by atoms with Crippen molar-refractivity contribution in [1.29, 1.82) is 0 Å². The van der Waals surface area contributed by atoms with E-state index in [2.05, 4.69) is 37.6 Å². The summed E-state index contributed by atoms with van der Waals surface area (Å²) < 4.78 is 27.0. The van der Waals surface area contributed by atoms with Gasteiger partial charge < -0.3 is 13.6 Å². The van der Waals surface area contributed by atoms with E-state index in [1.165, 1.54) is 38.6 Å². The standard InChI is InChI=1S/C33H50N3O4P/c1-7-39-41(38,40-8-2)31-32(37)36(28-12-10-9-11-27(28)34-31)25-19-29-21(3)17-22(4)30(20-25)35(29)16-15-23-13-14-24-18-26(23)33(24,5)6/h9-12,21-26,29-30H,7-8,13-20H2,1-6H3/t21-,22+,23-,24-,25+,26-,29+,30-/m0/s1. The van der Waals surface area contributed by atoms with Gasteiger partial charge in [-0.15, -0.1) is 0 Å². The molecule has 3 saturated carbocycles. The maximum atomic E-state index is 14.2. The summed E-state index contributed by atoms with van der Waals surface area (Å²) in [5.74, 6) is 3.82. The maximum absolute atomic E-state index is 14.2. The van der Waals surface area contributed by atoms with Crippen molar-refractivity contribution in [2.75, 3.05) is 19.8 Å². The van der Waals surface area contributed by atoms with Crippen LogP contribution in [0.5, 0.6) is 0 Å². The Labute approximate surface area is 245 Å². The van der Waals surface area contributed by atoms with Crippen LogP contribution in [0.3, 0.4) is 0 Å². The Morgan fingerprint density at radius 1 is 0.976 bits per heavy atom. The van der Waals surface area contributed by atoms with Gasteiger partial charge in [-0.2, -0.15) is 0 Å². The van der Waals surface area contributed by atoms with Gasteiger partial charge in [-0.05, 0) is 112 Å². The molecule has 0 N–H and O–H groups in total. The molecule has 1 aromatic heterocycles. The minimum Gasteiger partial charge on any atom is -0.304 e. The van der Waals surface area contributed by atoms with Crippen molar-refractivity contribution in [3.63, 3.8) is 0 Å². The number of fused-ring (bicyclic) bond motifs is 5. The van der Waals surface area contributed by atoms with Gasteiger partial charge in [0.2, 0.25) is 5.44 Å². The number of nitrogens with zero attached hydrogens (tertiary/aromatic N) is 3. The van der Waals surface area contributed by atoms with Crippen molar-refractivity contribution in [1.82, 2.24) is 14.5 Å². The number of hydrogen-bond acceptors (Lipinski definition) is 6. The molecule has 7 rings (SSSR count). The van der Waals surface area contributed by atoms with Crippen molar-refractivity contribution in [3.8, 4) is 0 Å². The first kappa shape index (κ1) is 29.5. The zero-order valence-electron chi connectivity index (χ0n) is 25.9. The molecule has 2 aliphatic heterocycles. The van der Waals surface area contributed by atoms with Gasteiger partial charge in [-0.3, -0.25) is 14.3 Å². The summed E-state index contributed by atoms with van der Waals surface area (Å²) >= 11 is 0. The molecule has 226 valence electrons. The SMILES string of the molecule is CCOP(=O)(OCC)c1nc2ccccc2n([C@@H]2C[C@@H]3[C@@H](C)C[C@@H](C)[C@H](C2)N3CC[C@@H]2CC[C@H]3C[C@@H]2C3(C)C)c1=O. The van der Waals surface area contributed by atoms with Crippen LogP contribution in [0.1, 0.15) is 92.5 Å². The fourth-order valence-corrected chi connectivity index (χ4v) is 11.1. The molecule has 2 saturated heterocycles. The maximum Gasteiger partial charge on any atom is 0.385 e. The highest BCUT2D eigenvalue weighted by Gasteiger charge is 2.54. The highest BCUT2D eigenvalue weighted by atomic mass is 31.2. The largest absolute Gasteiger partial charge is 0.385 e. The smallest absolute Gasteiger partial charge is 0.304 e. The second kappa shape index (κ2) is 11.2. The molecular formula is C33H50N3O4P. The minimum absolute atomic E-state index is 0.0170. The summed E-state index contributed by atoms with van der Waals surface area (Å²) in [6.45, 7) is 14.9. The highest BCUT2D eigenvalue weighted by molar-refractivity contribution is 7.61. The number of rotatable bonds is 9. The topological polar surface area (TPSA) is 73.7 Å². The zero-order chi connectivity index (χ0) is 29.1. The van der Waals surface area contributed by atoms with E-state index in [1.807, 2.05) is 28.8 Å². The predicted molar refractivity (Wildman–Crippen MR) is 165 cm³/mol. The number of hydrogen-bond donors (Lipinski definition) is 0. The molecule has 0 spiro atoms. The monoisotopic (exact) mass is 583 g/mol. The third kappa shape index (κ3) is 4.97. The summed E-state index contributed by atoms with van der Waals surface area (Å²) in [4.78, 5) is 21.7. The summed E-state index contributed by atoms with van der Waals surface area (Å²) in [6, 6.07) is 8.65. The Bertz CT molecular complexity index is 1340. The zero-order valence-corrected chi connectivity index (χ0v) is 26.8. The number of piperidine rings is 2. The molecule has 0 amide bonds. The second-order valence-corrected chi connectivity index (χ2v) is 16.0. The number of para-hydroxylation sites is 2. The van der Waals surface area contributed by atoms with Gasteiger partial charge >= 0.3 is 7.60 Å². The Hall–Kier alpha value is -1.53. The van der Waals surface area contributed by atoms with Crippen molar-refractivity contribution >= 4 is 24.1 Å². The van der Waals surface area contributed by atoms with Crippen LogP contribution in [-0.4, -0.2) is 46.3 Å².